The van der Waals surface area contributed by atoms with Crippen LogP contribution >= 0.6 is 0 Å². The molecule has 1 saturated carbocycles. The summed E-state index contributed by atoms with van der Waals surface area (Å²) in [4.78, 5) is 14.9. The fraction of sp³-hybridized carbons (Fsp3) is 0.611. The summed E-state index contributed by atoms with van der Waals surface area (Å²) in [5.41, 5.74) is 1.34. The zero-order chi connectivity index (χ0) is 16.0. The van der Waals surface area contributed by atoms with Crippen molar-refractivity contribution in [2.75, 3.05) is 13.6 Å². The highest BCUT2D eigenvalue weighted by atomic mass is 16.5. The molecule has 0 radical (unpaired) electrons. The van der Waals surface area contributed by atoms with Crippen molar-refractivity contribution in [1.82, 2.24) is 4.90 Å². The van der Waals surface area contributed by atoms with Gasteiger partial charge in [0.05, 0.1) is 17.6 Å². The third-order valence-electron chi connectivity index (χ3n) is 6.80. The minimum Gasteiger partial charge on any atom is -0.481 e. The molecule has 2 heterocycles. The number of likely N-dealkylation sites (tertiary alicyclic amines) is 1. The molecule has 122 valence electrons. The van der Waals surface area contributed by atoms with Crippen molar-refractivity contribution in [3.63, 3.8) is 0 Å². The van der Waals surface area contributed by atoms with Gasteiger partial charge in [0.2, 0.25) is 0 Å². The second-order valence-electron chi connectivity index (χ2n) is 7.56. The van der Waals surface area contributed by atoms with Gasteiger partial charge in [-0.2, -0.15) is 0 Å². The van der Waals surface area contributed by atoms with Gasteiger partial charge < -0.3 is 19.8 Å². The van der Waals surface area contributed by atoms with Crippen LogP contribution in [0.2, 0.25) is 0 Å². The number of rotatable bonds is 1. The third kappa shape index (κ3) is 1.35. The number of ether oxygens (including phenoxy) is 1. The number of hydrogen-bond acceptors (Lipinski definition) is 5. The lowest BCUT2D eigenvalue weighted by molar-refractivity contribution is -0.185. The first-order valence-electron chi connectivity index (χ1n) is 8.41. The van der Waals surface area contributed by atoms with Crippen molar-refractivity contribution in [2.24, 2.45) is 0 Å². The molecule has 2 N–H and O–H groups in total. The predicted octanol–water partition coefficient (Wildman–Crippen LogP) is 0.532. The number of aliphatic hydroxyl groups excluding tert-OH is 1. The van der Waals surface area contributed by atoms with E-state index in [9.17, 15) is 15.0 Å². The van der Waals surface area contributed by atoms with E-state index >= 15 is 0 Å². The molecule has 4 aliphatic rings. The SMILES string of the molecule is CN1CCC23c4c5ccc(CO)c4O[C@H]2C(=O)CC[C@@]3(O)C1C5. The molecule has 1 aromatic rings. The summed E-state index contributed by atoms with van der Waals surface area (Å²) in [5.74, 6) is 0.748. The Morgan fingerprint density at radius 2 is 2.22 bits per heavy atom. The number of Topliss-reactive ketones (excluding diaryl/α,β-unsaturated/α-hetero) is 1. The zero-order valence-corrected chi connectivity index (χ0v) is 13.2. The van der Waals surface area contributed by atoms with Crippen molar-refractivity contribution < 1.29 is 19.7 Å². The van der Waals surface area contributed by atoms with Crippen LogP contribution in [-0.4, -0.2) is 52.2 Å². The lowest BCUT2D eigenvalue weighted by Gasteiger charge is -2.62. The van der Waals surface area contributed by atoms with Crippen LogP contribution in [0.15, 0.2) is 12.1 Å². The standard InChI is InChI=1S/C18H21NO4/c1-19-7-6-17-14-10-2-3-11(9-20)15(14)23-16(17)12(21)4-5-18(17,22)13(19)8-10/h2-3,13,16,20,22H,4-9H2,1H3/t13?,16-,17?,18+/m0/s1. The molecule has 1 saturated heterocycles. The predicted molar refractivity (Wildman–Crippen MR) is 82.4 cm³/mol. The Morgan fingerprint density at radius 3 is 3.00 bits per heavy atom. The molecule has 2 aliphatic carbocycles. The van der Waals surface area contributed by atoms with Gasteiger partial charge in [-0.1, -0.05) is 12.1 Å². The van der Waals surface area contributed by atoms with Gasteiger partial charge in [-0.05, 0) is 38.4 Å². The number of ketones is 1. The zero-order valence-electron chi connectivity index (χ0n) is 13.2. The number of nitrogens with zero attached hydrogens (tertiary/aromatic N) is 1. The Kier molecular flexibility index (Phi) is 2.52. The van der Waals surface area contributed by atoms with E-state index < -0.39 is 17.1 Å². The van der Waals surface area contributed by atoms with Crippen LogP contribution in [0.3, 0.4) is 0 Å². The largest absolute Gasteiger partial charge is 0.481 e. The first-order chi connectivity index (χ1) is 11.0. The minimum atomic E-state index is -0.926. The average Bonchev–Trinajstić information content (AvgIpc) is 2.90. The number of carbonyl (C=O) groups is 1. The minimum absolute atomic E-state index is 0.0221. The molecule has 5 heteroatoms. The summed E-state index contributed by atoms with van der Waals surface area (Å²) in [6.07, 6.45) is 1.77. The van der Waals surface area contributed by atoms with Crippen molar-refractivity contribution in [2.45, 2.75) is 55.5 Å². The van der Waals surface area contributed by atoms with Gasteiger partial charge in [0.15, 0.2) is 11.9 Å². The molecular weight excluding hydrogens is 294 g/mol. The number of aliphatic hydroxyl groups is 2. The average molecular weight is 315 g/mol. The fourth-order valence-corrected chi connectivity index (χ4v) is 5.73. The van der Waals surface area contributed by atoms with E-state index in [4.69, 9.17) is 4.74 Å². The normalized spacial score (nSPS) is 40.7. The van der Waals surface area contributed by atoms with Crippen LogP contribution in [0.25, 0.3) is 0 Å². The van der Waals surface area contributed by atoms with E-state index in [-0.39, 0.29) is 18.4 Å². The summed E-state index contributed by atoms with van der Waals surface area (Å²) >= 11 is 0. The number of hydrogen-bond donors (Lipinski definition) is 2. The lowest BCUT2D eigenvalue weighted by atomic mass is 9.49. The van der Waals surface area contributed by atoms with Gasteiger partial charge in [0.1, 0.15) is 5.75 Å². The molecule has 2 unspecified atom stereocenters. The van der Waals surface area contributed by atoms with E-state index in [0.717, 1.165) is 36.1 Å². The highest BCUT2D eigenvalue weighted by molar-refractivity contribution is 5.89. The van der Waals surface area contributed by atoms with Crippen LogP contribution in [-0.2, 0) is 23.2 Å². The Labute approximate surface area is 134 Å². The van der Waals surface area contributed by atoms with Crippen LogP contribution in [0.4, 0.5) is 0 Å². The molecule has 4 atom stereocenters. The van der Waals surface area contributed by atoms with Gasteiger partial charge in [-0.3, -0.25) is 4.79 Å². The molecule has 5 nitrogen and oxygen atoms in total. The van der Waals surface area contributed by atoms with Crippen LogP contribution < -0.4 is 4.74 Å². The summed E-state index contributed by atoms with van der Waals surface area (Å²) in [6, 6.07) is 3.96. The van der Waals surface area contributed by atoms with E-state index in [0.29, 0.717) is 18.6 Å². The second-order valence-corrected chi connectivity index (χ2v) is 7.56. The van der Waals surface area contributed by atoms with Crippen molar-refractivity contribution in [3.05, 3.63) is 28.8 Å². The molecule has 0 amide bonds. The van der Waals surface area contributed by atoms with Gasteiger partial charge in [-0.15, -0.1) is 0 Å². The monoisotopic (exact) mass is 315 g/mol. The van der Waals surface area contributed by atoms with E-state index in [2.05, 4.69) is 11.9 Å². The third-order valence-corrected chi connectivity index (χ3v) is 6.80. The molecule has 0 aromatic heterocycles. The van der Waals surface area contributed by atoms with Crippen LogP contribution in [0.1, 0.15) is 36.0 Å². The Morgan fingerprint density at radius 1 is 1.39 bits per heavy atom. The maximum atomic E-state index is 12.6. The maximum Gasteiger partial charge on any atom is 0.174 e. The van der Waals surface area contributed by atoms with E-state index in [1.807, 2.05) is 12.1 Å². The molecule has 1 aromatic carbocycles. The van der Waals surface area contributed by atoms with Crippen molar-refractivity contribution in [1.29, 1.82) is 0 Å². The van der Waals surface area contributed by atoms with Gasteiger partial charge >= 0.3 is 0 Å². The molecule has 23 heavy (non-hydrogen) atoms. The number of piperidine rings is 1. The van der Waals surface area contributed by atoms with Crippen molar-refractivity contribution >= 4 is 5.78 Å². The van der Waals surface area contributed by atoms with Gasteiger partial charge in [0, 0.05) is 23.6 Å². The highest BCUT2D eigenvalue weighted by Gasteiger charge is 2.72. The Balaban J connectivity index is 1.86. The molecule has 2 fully saturated rings. The fourth-order valence-electron chi connectivity index (χ4n) is 5.73. The molecule has 2 aliphatic heterocycles. The van der Waals surface area contributed by atoms with Crippen LogP contribution in [0, 0.1) is 0 Å². The van der Waals surface area contributed by atoms with Crippen molar-refractivity contribution in [3.8, 4) is 5.75 Å². The number of likely N-dealkylation sites (N-methyl/N-ethyl adjacent to an activating group) is 1. The maximum absolute atomic E-state index is 12.6. The Bertz CT molecular complexity index is 732. The number of carbonyl (C=O) groups excluding carboxylic acids is 1. The van der Waals surface area contributed by atoms with E-state index in [1.165, 1.54) is 0 Å². The molecule has 1 spiro atoms. The van der Waals surface area contributed by atoms with E-state index in [1.54, 1.807) is 0 Å². The summed E-state index contributed by atoms with van der Waals surface area (Å²) < 4.78 is 6.13. The number of benzene rings is 1. The summed E-state index contributed by atoms with van der Waals surface area (Å²) in [5, 5.41) is 21.4. The first kappa shape index (κ1) is 14.0. The molecule has 2 bridgehead atoms. The highest BCUT2D eigenvalue weighted by Crippen LogP contribution is 2.63. The lowest BCUT2D eigenvalue weighted by Crippen LogP contribution is -2.76. The smallest absolute Gasteiger partial charge is 0.174 e. The van der Waals surface area contributed by atoms with Gasteiger partial charge in [-0.25, -0.2) is 0 Å². The first-order valence-corrected chi connectivity index (χ1v) is 8.41. The second kappa shape index (κ2) is 4.15. The van der Waals surface area contributed by atoms with Gasteiger partial charge in [0.25, 0.3) is 0 Å². The van der Waals surface area contributed by atoms with Crippen LogP contribution in [0.5, 0.6) is 5.75 Å². The quantitative estimate of drug-likeness (QED) is 0.791. The Hall–Kier alpha value is -1.43. The topological polar surface area (TPSA) is 70.0 Å². The molecular formula is C18H21NO4. The molecule has 5 rings (SSSR count). The summed E-state index contributed by atoms with van der Waals surface area (Å²) in [7, 11) is 2.06. The summed E-state index contributed by atoms with van der Waals surface area (Å²) in [6.45, 7) is 0.740.